The zero-order valence-electron chi connectivity index (χ0n) is 8.99. The van der Waals surface area contributed by atoms with Crippen LogP contribution in [0.2, 0.25) is 0 Å². The molecule has 0 aromatic heterocycles. The van der Waals surface area contributed by atoms with E-state index >= 15 is 0 Å². The molecular formula is C11H18O3. The maximum Gasteiger partial charge on any atom is 0.163 e. The molecule has 2 aliphatic rings. The summed E-state index contributed by atoms with van der Waals surface area (Å²) in [4.78, 5) is 0. The van der Waals surface area contributed by atoms with Gasteiger partial charge in [-0.25, -0.2) is 0 Å². The van der Waals surface area contributed by atoms with Gasteiger partial charge in [0.2, 0.25) is 0 Å². The van der Waals surface area contributed by atoms with Crippen molar-refractivity contribution >= 4 is 0 Å². The van der Waals surface area contributed by atoms with Crippen molar-refractivity contribution in [3.63, 3.8) is 0 Å². The molecule has 1 saturated carbocycles. The lowest BCUT2D eigenvalue weighted by Crippen LogP contribution is -2.31. The van der Waals surface area contributed by atoms with Gasteiger partial charge in [-0.05, 0) is 20.3 Å². The van der Waals surface area contributed by atoms with E-state index in [0.717, 1.165) is 0 Å². The molecule has 0 aromatic carbocycles. The van der Waals surface area contributed by atoms with E-state index in [-0.39, 0.29) is 17.6 Å². The summed E-state index contributed by atoms with van der Waals surface area (Å²) in [6.07, 6.45) is 1.83. The van der Waals surface area contributed by atoms with Gasteiger partial charge in [0.1, 0.15) is 6.10 Å². The van der Waals surface area contributed by atoms with Crippen LogP contribution in [0.3, 0.4) is 0 Å². The average molecular weight is 198 g/mol. The van der Waals surface area contributed by atoms with Gasteiger partial charge < -0.3 is 14.6 Å². The standard InChI is InChI=1S/C11H18O3/c1-5-11(4)6-7(12)8-9(11)14-10(2,3)13-8/h5,7-9,12H,1,6H2,2-4H3. The molecule has 0 radical (unpaired) electrons. The van der Waals surface area contributed by atoms with Gasteiger partial charge >= 0.3 is 0 Å². The summed E-state index contributed by atoms with van der Waals surface area (Å²) in [5.41, 5.74) is -0.169. The molecule has 1 aliphatic heterocycles. The van der Waals surface area contributed by atoms with E-state index in [1.54, 1.807) is 0 Å². The molecular weight excluding hydrogens is 180 g/mol. The molecule has 0 amide bonds. The molecule has 0 bridgehead atoms. The quantitative estimate of drug-likeness (QED) is 0.648. The van der Waals surface area contributed by atoms with Crippen LogP contribution in [0.4, 0.5) is 0 Å². The number of aliphatic hydroxyl groups is 1. The van der Waals surface area contributed by atoms with Gasteiger partial charge in [0.05, 0.1) is 12.2 Å². The summed E-state index contributed by atoms with van der Waals surface area (Å²) in [7, 11) is 0. The molecule has 0 aromatic rings. The highest BCUT2D eigenvalue weighted by Crippen LogP contribution is 2.49. The second-order valence-corrected chi connectivity index (χ2v) is 5.00. The van der Waals surface area contributed by atoms with Crippen molar-refractivity contribution < 1.29 is 14.6 Å². The molecule has 3 nitrogen and oxygen atoms in total. The molecule has 1 N–H and O–H groups in total. The van der Waals surface area contributed by atoms with Crippen molar-refractivity contribution in [2.45, 2.75) is 51.3 Å². The van der Waals surface area contributed by atoms with Crippen molar-refractivity contribution in [2.75, 3.05) is 0 Å². The van der Waals surface area contributed by atoms with Crippen LogP contribution in [0.5, 0.6) is 0 Å². The van der Waals surface area contributed by atoms with Crippen molar-refractivity contribution in [1.82, 2.24) is 0 Å². The summed E-state index contributed by atoms with van der Waals surface area (Å²) in [5.74, 6) is -0.582. The highest BCUT2D eigenvalue weighted by atomic mass is 16.8. The van der Waals surface area contributed by atoms with Gasteiger partial charge in [-0.2, -0.15) is 0 Å². The number of hydrogen-bond donors (Lipinski definition) is 1. The number of ether oxygens (including phenoxy) is 2. The van der Waals surface area contributed by atoms with E-state index in [4.69, 9.17) is 9.47 Å². The number of fused-ring (bicyclic) bond motifs is 1. The first kappa shape index (κ1) is 10.1. The fourth-order valence-electron chi connectivity index (χ4n) is 2.46. The molecule has 0 spiro atoms. The Morgan fingerprint density at radius 1 is 1.36 bits per heavy atom. The Hall–Kier alpha value is -0.380. The maximum absolute atomic E-state index is 9.85. The Bertz CT molecular complexity index is 261. The predicted octanol–water partition coefficient (Wildman–Crippen LogP) is 1.46. The summed E-state index contributed by atoms with van der Waals surface area (Å²) < 4.78 is 11.5. The lowest BCUT2D eigenvalue weighted by molar-refractivity contribution is -0.170. The minimum atomic E-state index is -0.582. The smallest absolute Gasteiger partial charge is 0.163 e. The van der Waals surface area contributed by atoms with Crippen molar-refractivity contribution in [2.24, 2.45) is 5.41 Å². The Kier molecular flexibility index (Phi) is 2.04. The summed E-state index contributed by atoms with van der Waals surface area (Å²) in [6, 6.07) is 0. The van der Waals surface area contributed by atoms with Gasteiger partial charge in [-0.3, -0.25) is 0 Å². The SMILES string of the molecule is C=CC1(C)CC(O)C2OC(C)(C)OC21. The lowest BCUT2D eigenvalue weighted by Gasteiger charge is -2.27. The Morgan fingerprint density at radius 3 is 2.57 bits per heavy atom. The second-order valence-electron chi connectivity index (χ2n) is 5.00. The van der Waals surface area contributed by atoms with Crippen LogP contribution in [-0.2, 0) is 9.47 Å². The van der Waals surface area contributed by atoms with E-state index in [9.17, 15) is 5.11 Å². The Balaban J connectivity index is 2.27. The van der Waals surface area contributed by atoms with E-state index in [0.29, 0.717) is 6.42 Å². The monoisotopic (exact) mass is 198 g/mol. The largest absolute Gasteiger partial charge is 0.390 e. The normalized spacial score (nSPS) is 50.4. The molecule has 4 unspecified atom stereocenters. The summed E-state index contributed by atoms with van der Waals surface area (Å²) in [6.45, 7) is 9.62. The molecule has 2 fully saturated rings. The first-order chi connectivity index (χ1) is 6.38. The number of aliphatic hydroxyl groups excluding tert-OH is 1. The highest BCUT2D eigenvalue weighted by molar-refractivity contribution is 5.11. The van der Waals surface area contributed by atoms with E-state index in [1.165, 1.54) is 0 Å². The van der Waals surface area contributed by atoms with Crippen molar-refractivity contribution in [3.8, 4) is 0 Å². The minimum absolute atomic E-state index is 0.0648. The third kappa shape index (κ3) is 1.31. The zero-order chi connectivity index (χ0) is 10.6. The number of hydrogen-bond acceptors (Lipinski definition) is 3. The molecule has 14 heavy (non-hydrogen) atoms. The molecule has 2 rings (SSSR count). The van der Waals surface area contributed by atoms with Crippen molar-refractivity contribution in [1.29, 1.82) is 0 Å². The van der Waals surface area contributed by atoms with Gasteiger partial charge in [0, 0.05) is 5.41 Å². The molecule has 1 heterocycles. The third-order valence-electron chi connectivity index (χ3n) is 3.27. The Labute approximate surface area is 84.7 Å². The molecule has 80 valence electrons. The fraction of sp³-hybridized carbons (Fsp3) is 0.818. The second kappa shape index (κ2) is 2.81. The highest BCUT2D eigenvalue weighted by Gasteiger charge is 2.57. The van der Waals surface area contributed by atoms with E-state index in [1.807, 2.05) is 19.9 Å². The summed E-state index contributed by atoms with van der Waals surface area (Å²) >= 11 is 0. The van der Waals surface area contributed by atoms with E-state index in [2.05, 4.69) is 13.5 Å². The molecule has 1 aliphatic carbocycles. The molecule has 1 saturated heterocycles. The fourth-order valence-corrected chi connectivity index (χ4v) is 2.46. The van der Waals surface area contributed by atoms with Crippen LogP contribution in [0.15, 0.2) is 12.7 Å². The predicted molar refractivity (Wildman–Crippen MR) is 52.8 cm³/mol. The van der Waals surface area contributed by atoms with Crippen LogP contribution < -0.4 is 0 Å². The van der Waals surface area contributed by atoms with E-state index < -0.39 is 11.9 Å². The molecule has 3 heteroatoms. The van der Waals surface area contributed by atoms with Gasteiger partial charge in [0.25, 0.3) is 0 Å². The van der Waals surface area contributed by atoms with Crippen LogP contribution in [-0.4, -0.2) is 29.2 Å². The van der Waals surface area contributed by atoms with Crippen LogP contribution in [0.1, 0.15) is 27.2 Å². The zero-order valence-corrected chi connectivity index (χ0v) is 8.99. The first-order valence-electron chi connectivity index (χ1n) is 5.05. The van der Waals surface area contributed by atoms with Gasteiger partial charge in [0.15, 0.2) is 5.79 Å². The minimum Gasteiger partial charge on any atom is -0.390 e. The van der Waals surface area contributed by atoms with Crippen LogP contribution in [0, 0.1) is 5.41 Å². The van der Waals surface area contributed by atoms with Crippen LogP contribution >= 0.6 is 0 Å². The summed E-state index contributed by atoms with van der Waals surface area (Å²) in [5, 5.41) is 9.85. The first-order valence-corrected chi connectivity index (χ1v) is 5.05. The average Bonchev–Trinajstić information content (AvgIpc) is 2.50. The van der Waals surface area contributed by atoms with Crippen molar-refractivity contribution in [3.05, 3.63) is 12.7 Å². The van der Waals surface area contributed by atoms with Gasteiger partial charge in [-0.1, -0.05) is 13.0 Å². The van der Waals surface area contributed by atoms with Crippen LogP contribution in [0.25, 0.3) is 0 Å². The van der Waals surface area contributed by atoms with Gasteiger partial charge in [-0.15, -0.1) is 6.58 Å². The Morgan fingerprint density at radius 2 is 2.00 bits per heavy atom. The topological polar surface area (TPSA) is 38.7 Å². The lowest BCUT2D eigenvalue weighted by atomic mass is 9.86. The number of rotatable bonds is 1. The molecule has 4 atom stereocenters. The third-order valence-corrected chi connectivity index (χ3v) is 3.27. The maximum atomic E-state index is 9.85.